The number of carbonyl (C=O) groups is 1. The van der Waals surface area contributed by atoms with Gasteiger partial charge in [0.25, 0.3) is 0 Å². The summed E-state index contributed by atoms with van der Waals surface area (Å²) in [5, 5.41) is 3.48. The average molecular weight is 295 g/mol. The van der Waals surface area contributed by atoms with E-state index in [4.69, 9.17) is 0 Å². The number of fused-ring (bicyclic) bond motifs is 1. The van der Waals surface area contributed by atoms with Crippen LogP contribution in [0.1, 0.15) is 34.6 Å². The molecule has 4 nitrogen and oxygen atoms in total. The normalized spacial score (nSPS) is 29.4. The van der Waals surface area contributed by atoms with E-state index in [0.717, 1.165) is 44.6 Å². The van der Waals surface area contributed by atoms with Crippen LogP contribution in [0.3, 0.4) is 0 Å². The van der Waals surface area contributed by atoms with Crippen molar-refractivity contribution in [2.45, 2.75) is 40.7 Å². The summed E-state index contributed by atoms with van der Waals surface area (Å²) in [7, 11) is 0. The van der Waals surface area contributed by atoms with Gasteiger partial charge in [-0.15, -0.1) is 0 Å². The molecular weight excluding hydrogens is 262 g/mol. The van der Waals surface area contributed by atoms with E-state index in [0.29, 0.717) is 30.3 Å². The smallest absolute Gasteiger partial charge is 0.236 e. The van der Waals surface area contributed by atoms with Gasteiger partial charge in [0.1, 0.15) is 0 Å². The standard InChI is InChI=1S/C17H33N3O/c1-12(2)8-20(9-13(3)4)17(21)11-19-10-15-6-18-7-16(15)14(19)5/h12-16,18H,6-11H2,1-5H3. The Labute approximate surface area is 130 Å². The zero-order valence-electron chi connectivity index (χ0n) is 14.4. The molecule has 2 aliphatic heterocycles. The molecule has 3 atom stereocenters. The highest BCUT2D eigenvalue weighted by atomic mass is 16.2. The van der Waals surface area contributed by atoms with E-state index in [1.54, 1.807) is 0 Å². The van der Waals surface area contributed by atoms with E-state index >= 15 is 0 Å². The summed E-state index contributed by atoms with van der Waals surface area (Å²) in [5.41, 5.74) is 0. The van der Waals surface area contributed by atoms with Crippen molar-refractivity contribution in [3.63, 3.8) is 0 Å². The minimum absolute atomic E-state index is 0.317. The quantitative estimate of drug-likeness (QED) is 0.809. The minimum Gasteiger partial charge on any atom is -0.341 e. The summed E-state index contributed by atoms with van der Waals surface area (Å²) >= 11 is 0. The Morgan fingerprint density at radius 2 is 1.81 bits per heavy atom. The third-order valence-electron chi connectivity index (χ3n) is 4.92. The van der Waals surface area contributed by atoms with Crippen LogP contribution < -0.4 is 5.32 Å². The number of likely N-dealkylation sites (tertiary alicyclic amines) is 1. The maximum Gasteiger partial charge on any atom is 0.236 e. The molecule has 2 fully saturated rings. The van der Waals surface area contributed by atoms with Gasteiger partial charge in [-0.2, -0.15) is 0 Å². The Morgan fingerprint density at radius 3 is 2.33 bits per heavy atom. The Kier molecular flexibility index (Phi) is 5.67. The Balaban J connectivity index is 1.92. The SMILES string of the molecule is CC(C)CN(CC(C)C)C(=O)CN1CC2CNCC2C1C. The van der Waals surface area contributed by atoms with Crippen LogP contribution in [0.25, 0.3) is 0 Å². The third-order valence-corrected chi connectivity index (χ3v) is 4.92. The fraction of sp³-hybridized carbons (Fsp3) is 0.941. The van der Waals surface area contributed by atoms with Crippen molar-refractivity contribution in [3.05, 3.63) is 0 Å². The molecule has 0 aromatic heterocycles. The third kappa shape index (κ3) is 4.19. The average Bonchev–Trinajstić information content (AvgIpc) is 2.92. The van der Waals surface area contributed by atoms with E-state index in [1.807, 2.05) is 0 Å². The molecule has 0 bridgehead atoms. The molecule has 3 unspecified atom stereocenters. The summed E-state index contributed by atoms with van der Waals surface area (Å²) in [6.45, 7) is 16.8. The van der Waals surface area contributed by atoms with Crippen LogP contribution in [0.15, 0.2) is 0 Å². The van der Waals surface area contributed by atoms with Gasteiger partial charge in [0.2, 0.25) is 5.91 Å². The summed E-state index contributed by atoms with van der Waals surface area (Å²) in [5.74, 6) is 2.87. The van der Waals surface area contributed by atoms with E-state index in [9.17, 15) is 4.79 Å². The highest BCUT2D eigenvalue weighted by Gasteiger charge is 2.42. The summed E-state index contributed by atoms with van der Waals surface area (Å²) in [6.07, 6.45) is 0. The lowest BCUT2D eigenvalue weighted by molar-refractivity contribution is -0.133. The number of nitrogens with one attached hydrogen (secondary N) is 1. The molecular formula is C17H33N3O. The highest BCUT2D eigenvalue weighted by molar-refractivity contribution is 5.78. The summed E-state index contributed by atoms with van der Waals surface area (Å²) in [4.78, 5) is 17.2. The number of nitrogens with zero attached hydrogens (tertiary/aromatic N) is 2. The van der Waals surface area contributed by atoms with Gasteiger partial charge < -0.3 is 10.2 Å². The fourth-order valence-electron chi connectivity index (χ4n) is 3.90. The van der Waals surface area contributed by atoms with Crippen molar-refractivity contribution < 1.29 is 4.79 Å². The van der Waals surface area contributed by atoms with Crippen LogP contribution in [0, 0.1) is 23.7 Å². The number of amides is 1. The molecule has 0 aromatic carbocycles. The van der Waals surface area contributed by atoms with Gasteiger partial charge in [0.05, 0.1) is 6.54 Å². The minimum atomic E-state index is 0.317. The van der Waals surface area contributed by atoms with Gasteiger partial charge in [-0.3, -0.25) is 9.69 Å². The molecule has 0 spiro atoms. The van der Waals surface area contributed by atoms with Crippen molar-refractivity contribution in [1.82, 2.24) is 15.1 Å². The predicted molar refractivity (Wildman–Crippen MR) is 87.1 cm³/mol. The van der Waals surface area contributed by atoms with Gasteiger partial charge in [-0.05, 0) is 43.7 Å². The second kappa shape index (κ2) is 7.10. The molecule has 2 rings (SSSR count). The molecule has 0 aromatic rings. The van der Waals surface area contributed by atoms with E-state index in [2.05, 4.69) is 49.7 Å². The van der Waals surface area contributed by atoms with Gasteiger partial charge >= 0.3 is 0 Å². The van der Waals surface area contributed by atoms with Crippen LogP contribution >= 0.6 is 0 Å². The number of rotatable bonds is 6. The number of hydrogen-bond acceptors (Lipinski definition) is 3. The first-order chi connectivity index (χ1) is 9.88. The largest absolute Gasteiger partial charge is 0.341 e. The van der Waals surface area contributed by atoms with Crippen molar-refractivity contribution in [2.24, 2.45) is 23.7 Å². The van der Waals surface area contributed by atoms with Crippen LogP contribution in [-0.4, -0.2) is 61.0 Å². The molecule has 1 N–H and O–H groups in total. The molecule has 0 saturated carbocycles. The number of hydrogen-bond donors (Lipinski definition) is 1. The van der Waals surface area contributed by atoms with Gasteiger partial charge in [0, 0.05) is 25.7 Å². The van der Waals surface area contributed by atoms with Gasteiger partial charge in [-0.1, -0.05) is 27.7 Å². The first-order valence-electron chi connectivity index (χ1n) is 8.61. The topological polar surface area (TPSA) is 35.6 Å². The lowest BCUT2D eigenvalue weighted by Crippen LogP contribution is -2.45. The zero-order valence-corrected chi connectivity index (χ0v) is 14.4. The molecule has 2 aliphatic rings. The maximum absolute atomic E-state index is 12.7. The zero-order chi connectivity index (χ0) is 15.6. The van der Waals surface area contributed by atoms with Crippen molar-refractivity contribution in [3.8, 4) is 0 Å². The monoisotopic (exact) mass is 295 g/mol. The molecule has 4 heteroatoms. The van der Waals surface area contributed by atoms with E-state index < -0.39 is 0 Å². The lowest BCUT2D eigenvalue weighted by atomic mass is 9.95. The van der Waals surface area contributed by atoms with Crippen LogP contribution in [0.5, 0.6) is 0 Å². The summed E-state index contributed by atoms with van der Waals surface area (Å²) in [6, 6.07) is 0.536. The molecule has 2 heterocycles. The van der Waals surface area contributed by atoms with Crippen molar-refractivity contribution >= 4 is 5.91 Å². The van der Waals surface area contributed by atoms with Crippen LogP contribution in [0.2, 0.25) is 0 Å². The molecule has 122 valence electrons. The Hall–Kier alpha value is -0.610. The first kappa shape index (κ1) is 16.8. The predicted octanol–water partition coefficient (Wildman–Crippen LogP) is 1.67. The fourth-order valence-corrected chi connectivity index (χ4v) is 3.90. The first-order valence-corrected chi connectivity index (χ1v) is 8.61. The molecule has 1 amide bonds. The second-order valence-electron chi connectivity index (χ2n) is 7.84. The van der Waals surface area contributed by atoms with Crippen LogP contribution in [0.4, 0.5) is 0 Å². The molecule has 2 saturated heterocycles. The van der Waals surface area contributed by atoms with Crippen molar-refractivity contribution in [1.29, 1.82) is 0 Å². The number of carbonyl (C=O) groups excluding carboxylic acids is 1. The highest BCUT2D eigenvalue weighted by Crippen LogP contribution is 2.32. The van der Waals surface area contributed by atoms with Crippen LogP contribution in [-0.2, 0) is 4.79 Å². The van der Waals surface area contributed by atoms with Gasteiger partial charge in [-0.25, -0.2) is 0 Å². The molecule has 21 heavy (non-hydrogen) atoms. The Bertz CT molecular complexity index is 346. The maximum atomic E-state index is 12.7. The molecule has 0 aliphatic carbocycles. The van der Waals surface area contributed by atoms with Crippen molar-refractivity contribution in [2.75, 3.05) is 39.3 Å². The van der Waals surface area contributed by atoms with E-state index in [-0.39, 0.29) is 0 Å². The Morgan fingerprint density at radius 1 is 1.19 bits per heavy atom. The van der Waals surface area contributed by atoms with Gasteiger partial charge in [0.15, 0.2) is 0 Å². The molecule has 0 radical (unpaired) electrons. The second-order valence-corrected chi connectivity index (χ2v) is 7.84. The summed E-state index contributed by atoms with van der Waals surface area (Å²) < 4.78 is 0. The lowest BCUT2D eigenvalue weighted by Gasteiger charge is -2.30. The van der Waals surface area contributed by atoms with E-state index in [1.165, 1.54) is 0 Å².